The Hall–Kier alpha value is -1.72. The first-order chi connectivity index (χ1) is 7.00. The number of carboxylic acid groups (broad SMARTS) is 1. The molecule has 0 unspecified atom stereocenters. The molecule has 1 N–H and O–H groups in total. The first-order valence-electron chi connectivity index (χ1n) is 3.94. The smallest absolute Gasteiger partial charge is 0.335 e. The Balaban J connectivity index is 2.85. The molecule has 0 heterocycles. The van der Waals surface area contributed by atoms with E-state index < -0.39 is 30.6 Å². The summed E-state index contributed by atoms with van der Waals surface area (Å²) in [5.74, 6) is -2.65. The van der Waals surface area contributed by atoms with Crippen LogP contribution in [0, 0.1) is 5.82 Å². The van der Waals surface area contributed by atoms with Gasteiger partial charge in [-0.2, -0.15) is 0 Å². The number of ether oxygens (including phenoxy) is 1. The maximum absolute atomic E-state index is 12.9. The topological polar surface area (TPSA) is 46.5 Å². The predicted molar refractivity (Wildman–Crippen MR) is 44.9 cm³/mol. The van der Waals surface area contributed by atoms with Crippen LogP contribution in [0.25, 0.3) is 0 Å². The van der Waals surface area contributed by atoms with E-state index in [0.717, 1.165) is 18.2 Å². The molecule has 0 aliphatic heterocycles. The van der Waals surface area contributed by atoms with Crippen molar-refractivity contribution in [3.05, 3.63) is 29.6 Å². The van der Waals surface area contributed by atoms with Gasteiger partial charge in [0, 0.05) is 0 Å². The molecule has 0 saturated carbocycles. The van der Waals surface area contributed by atoms with E-state index >= 15 is 0 Å². The number of halogens is 3. The van der Waals surface area contributed by atoms with Crippen LogP contribution in [0.2, 0.25) is 0 Å². The summed E-state index contributed by atoms with van der Waals surface area (Å²) in [6, 6.07) is 2.73. The fourth-order valence-corrected chi connectivity index (χ4v) is 0.900. The van der Waals surface area contributed by atoms with Crippen LogP contribution in [-0.2, 0) is 0 Å². The summed E-state index contributed by atoms with van der Waals surface area (Å²) in [7, 11) is 0. The highest BCUT2D eigenvalue weighted by molar-refractivity contribution is 5.88. The first kappa shape index (κ1) is 11.4. The van der Waals surface area contributed by atoms with E-state index in [1.807, 2.05) is 0 Å². The summed E-state index contributed by atoms with van der Waals surface area (Å²) in [6.07, 6.45) is -2.74. The van der Waals surface area contributed by atoms with Gasteiger partial charge in [0.15, 0.2) is 11.6 Å². The minimum atomic E-state index is -2.74. The maximum atomic E-state index is 12.9. The lowest BCUT2D eigenvalue weighted by molar-refractivity contribution is 0.0694. The van der Waals surface area contributed by atoms with Crippen molar-refractivity contribution < 1.29 is 27.8 Å². The Kier molecular flexibility index (Phi) is 3.54. The number of carbonyl (C=O) groups is 1. The summed E-state index contributed by atoms with van der Waals surface area (Å²) >= 11 is 0. The molecule has 0 bridgehead atoms. The summed E-state index contributed by atoms with van der Waals surface area (Å²) in [6.45, 7) is -0.972. The van der Waals surface area contributed by atoms with Crippen LogP contribution in [0.3, 0.4) is 0 Å². The van der Waals surface area contributed by atoms with Gasteiger partial charge in [0.25, 0.3) is 6.43 Å². The number of benzene rings is 1. The van der Waals surface area contributed by atoms with E-state index in [0.29, 0.717) is 0 Å². The number of hydrogen-bond donors (Lipinski definition) is 1. The molecule has 0 fully saturated rings. The zero-order valence-electron chi connectivity index (χ0n) is 7.41. The highest BCUT2D eigenvalue weighted by Gasteiger charge is 2.11. The van der Waals surface area contributed by atoms with Crippen molar-refractivity contribution in [3.63, 3.8) is 0 Å². The van der Waals surface area contributed by atoms with Crippen molar-refractivity contribution in [3.8, 4) is 5.75 Å². The van der Waals surface area contributed by atoms with Crippen LogP contribution in [0.4, 0.5) is 13.2 Å². The fraction of sp³-hybridized carbons (Fsp3) is 0.222. The lowest BCUT2D eigenvalue weighted by Crippen LogP contribution is -2.08. The van der Waals surface area contributed by atoms with Crippen molar-refractivity contribution in [2.45, 2.75) is 6.43 Å². The minimum absolute atomic E-state index is 0.222. The molecule has 0 aromatic heterocycles. The SMILES string of the molecule is O=C(O)c1ccc(F)c(OCC(F)F)c1. The molecule has 0 atom stereocenters. The monoisotopic (exact) mass is 220 g/mol. The maximum Gasteiger partial charge on any atom is 0.335 e. The third-order valence-electron chi connectivity index (χ3n) is 1.54. The molecule has 0 spiro atoms. The second-order valence-electron chi connectivity index (χ2n) is 2.65. The third-order valence-corrected chi connectivity index (χ3v) is 1.54. The summed E-state index contributed by atoms with van der Waals surface area (Å²) in [5.41, 5.74) is -0.222. The lowest BCUT2D eigenvalue weighted by atomic mass is 10.2. The molecule has 1 aromatic rings. The predicted octanol–water partition coefficient (Wildman–Crippen LogP) is 2.17. The molecule has 6 heteroatoms. The number of aromatic carboxylic acids is 1. The molecule has 0 saturated heterocycles. The van der Waals surface area contributed by atoms with Crippen molar-refractivity contribution in [1.29, 1.82) is 0 Å². The van der Waals surface area contributed by atoms with Gasteiger partial charge in [-0.3, -0.25) is 0 Å². The van der Waals surface area contributed by atoms with E-state index in [1.165, 1.54) is 0 Å². The van der Waals surface area contributed by atoms with Gasteiger partial charge >= 0.3 is 5.97 Å². The molecule has 1 rings (SSSR count). The molecular weight excluding hydrogens is 213 g/mol. The molecule has 0 amide bonds. The molecule has 3 nitrogen and oxygen atoms in total. The average Bonchev–Trinajstić information content (AvgIpc) is 2.16. The first-order valence-corrected chi connectivity index (χ1v) is 3.94. The second-order valence-corrected chi connectivity index (χ2v) is 2.65. The van der Waals surface area contributed by atoms with Crippen LogP contribution >= 0.6 is 0 Å². The van der Waals surface area contributed by atoms with Crippen LogP contribution in [0.15, 0.2) is 18.2 Å². The van der Waals surface area contributed by atoms with Gasteiger partial charge in [0.05, 0.1) is 5.56 Å². The van der Waals surface area contributed by atoms with Gasteiger partial charge < -0.3 is 9.84 Å². The van der Waals surface area contributed by atoms with Crippen molar-refractivity contribution in [2.24, 2.45) is 0 Å². The largest absolute Gasteiger partial charge is 0.485 e. The van der Waals surface area contributed by atoms with E-state index in [4.69, 9.17) is 5.11 Å². The van der Waals surface area contributed by atoms with Crippen LogP contribution < -0.4 is 4.74 Å². The van der Waals surface area contributed by atoms with Gasteiger partial charge in [0.2, 0.25) is 0 Å². The lowest BCUT2D eigenvalue weighted by Gasteiger charge is -2.06. The van der Waals surface area contributed by atoms with Gasteiger partial charge in [0.1, 0.15) is 6.61 Å². The van der Waals surface area contributed by atoms with E-state index in [1.54, 1.807) is 0 Å². The summed E-state index contributed by atoms with van der Waals surface area (Å²) < 4.78 is 40.8. The molecular formula is C9H7F3O3. The van der Waals surface area contributed by atoms with Crippen LogP contribution in [-0.4, -0.2) is 24.1 Å². The summed E-state index contributed by atoms with van der Waals surface area (Å²) in [5, 5.41) is 8.55. The Bertz CT molecular complexity index is 366. The Morgan fingerprint density at radius 1 is 1.47 bits per heavy atom. The van der Waals surface area contributed by atoms with Crippen molar-refractivity contribution in [2.75, 3.05) is 6.61 Å². The van der Waals surface area contributed by atoms with Gasteiger partial charge in [-0.1, -0.05) is 0 Å². The van der Waals surface area contributed by atoms with Gasteiger partial charge in [-0.05, 0) is 18.2 Å². The molecule has 15 heavy (non-hydrogen) atoms. The minimum Gasteiger partial charge on any atom is -0.485 e. The highest BCUT2D eigenvalue weighted by atomic mass is 19.3. The van der Waals surface area contributed by atoms with Crippen LogP contribution in [0.1, 0.15) is 10.4 Å². The third kappa shape index (κ3) is 3.16. The Morgan fingerprint density at radius 2 is 2.13 bits per heavy atom. The fourth-order valence-electron chi connectivity index (χ4n) is 0.900. The van der Waals surface area contributed by atoms with Crippen LogP contribution in [0.5, 0.6) is 5.75 Å². The summed E-state index contributed by atoms with van der Waals surface area (Å²) in [4.78, 5) is 10.5. The van der Waals surface area contributed by atoms with E-state index in [-0.39, 0.29) is 5.56 Å². The van der Waals surface area contributed by atoms with Crippen molar-refractivity contribution in [1.82, 2.24) is 0 Å². The second kappa shape index (κ2) is 4.68. The normalized spacial score (nSPS) is 10.4. The molecule has 0 radical (unpaired) electrons. The van der Waals surface area contributed by atoms with E-state index in [2.05, 4.69) is 4.74 Å². The average molecular weight is 220 g/mol. The van der Waals surface area contributed by atoms with Gasteiger partial charge in [-0.15, -0.1) is 0 Å². The van der Waals surface area contributed by atoms with E-state index in [9.17, 15) is 18.0 Å². The zero-order chi connectivity index (χ0) is 11.4. The number of rotatable bonds is 4. The number of carboxylic acids is 1. The van der Waals surface area contributed by atoms with Crippen molar-refractivity contribution >= 4 is 5.97 Å². The molecule has 82 valence electrons. The Morgan fingerprint density at radius 3 is 2.67 bits per heavy atom. The standard InChI is InChI=1S/C9H7F3O3/c10-6-2-1-5(9(13)14)3-7(6)15-4-8(11)12/h1-3,8H,4H2,(H,13,14). The molecule has 1 aromatic carbocycles. The quantitative estimate of drug-likeness (QED) is 0.845. The number of alkyl halides is 2. The highest BCUT2D eigenvalue weighted by Crippen LogP contribution is 2.19. The molecule has 0 aliphatic carbocycles. The van der Waals surface area contributed by atoms with Gasteiger partial charge in [-0.25, -0.2) is 18.0 Å². The zero-order valence-corrected chi connectivity index (χ0v) is 7.41. The Labute approximate surface area is 83.1 Å². The number of hydrogen-bond acceptors (Lipinski definition) is 2. The molecule has 0 aliphatic rings.